The van der Waals surface area contributed by atoms with Crippen molar-refractivity contribution in [2.75, 3.05) is 81.9 Å². The van der Waals surface area contributed by atoms with E-state index in [1.54, 1.807) is 28.4 Å². The molecule has 362 valence electrons. The lowest BCUT2D eigenvalue weighted by Crippen LogP contribution is -2.52. The second kappa shape index (κ2) is 23.0. The van der Waals surface area contributed by atoms with Gasteiger partial charge in [-0.1, -0.05) is 24.3 Å². The number of rotatable bonds is 22. The smallest absolute Gasteiger partial charge is 0.331 e. The van der Waals surface area contributed by atoms with Crippen LogP contribution in [-0.4, -0.2) is 128 Å². The number of benzene rings is 4. The van der Waals surface area contributed by atoms with E-state index in [0.717, 1.165) is 71.5 Å². The molecule has 4 aromatic carbocycles. The zero-order valence-corrected chi connectivity index (χ0v) is 39.7. The molecule has 0 spiro atoms. The number of hydrogen-bond acceptors (Lipinski definition) is 13. The summed E-state index contributed by atoms with van der Waals surface area (Å²) in [4.78, 5) is 25.6. The number of aliphatic hydroxyl groups is 5. The molecule has 4 atom stereocenters. The molecule has 67 heavy (non-hydrogen) atoms. The Labute approximate surface area is 393 Å². The van der Waals surface area contributed by atoms with E-state index in [2.05, 4.69) is 14.1 Å². The fourth-order valence-electron chi connectivity index (χ4n) is 10.2. The van der Waals surface area contributed by atoms with Gasteiger partial charge in [0.1, 0.15) is 12.1 Å². The van der Waals surface area contributed by atoms with E-state index in [9.17, 15) is 35.1 Å². The monoisotopic (exact) mass is 928 g/mol. The van der Waals surface area contributed by atoms with Gasteiger partial charge >= 0.3 is 11.9 Å². The van der Waals surface area contributed by atoms with Crippen LogP contribution >= 0.6 is 0 Å². The third kappa shape index (κ3) is 11.4. The van der Waals surface area contributed by atoms with Gasteiger partial charge in [-0.25, -0.2) is 9.59 Å². The average Bonchev–Trinajstić information content (AvgIpc) is 3.35. The summed E-state index contributed by atoms with van der Waals surface area (Å²) in [5, 5.41) is 50.3. The summed E-state index contributed by atoms with van der Waals surface area (Å²) >= 11 is 0. The molecule has 4 aromatic rings. The largest absolute Gasteiger partial charge is 0.493 e. The molecule has 0 bridgehead atoms. The van der Waals surface area contributed by atoms with Gasteiger partial charge in [-0.3, -0.25) is 0 Å². The van der Waals surface area contributed by atoms with Crippen LogP contribution < -0.4 is 18.9 Å². The first-order valence-corrected chi connectivity index (χ1v) is 22.8. The van der Waals surface area contributed by atoms with Crippen molar-refractivity contribution in [3.63, 3.8) is 0 Å². The molecule has 0 aliphatic carbocycles. The van der Waals surface area contributed by atoms with Crippen LogP contribution in [0.25, 0.3) is 0 Å². The molecular formula is C52H68N2O13+2. The normalized spacial score (nSPS) is 19.9. The minimum absolute atomic E-state index is 0.0439. The maximum atomic E-state index is 12.8. The Morgan fingerprint density at radius 2 is 1.12 bits per heavy atom. The Morgan fingerprint density at radius 3 is 1.70 bits per heavy atom. The van der Waals surface area contributed by atoms with Crippen LogP contribution in [0.2, 0.25) is 0 Å². The van der Waals surface area contributed by atoms with Gasteiger partial charge in [0, 0.05) is 66.5 Å². The number of esters is 2. The maximum Gasteiger partial charge on any atom is 0.331 e. The van der Waals surface area contributed by atoms with Crippen molar-refractivity contribution in [1.29, 1.82) is 0 Å². The molecule has 0 amide bonds. The number of aliphatic hydroxyl groups excluding tert-OH is 5. The van der Waals surface area contributed by atoms with Crippen LogP contribution in [0.4, 0.5) is 0 Å². The summed E-state index contributed by atoms with van der Waals surface area (Å²) in [7, 11) is 10.7. The molecule has 4 unspecified atom stereocenters. The highest BCUT2D eigenvalue weighted by Crippen LogP contribution is 2.47. The lowest BCUT2D eigenvalue weighted by molar-refractivity contribution is -0.941. The second-order valence-electron chi connectivity index (χ2n) is 17.9. The van der Waals surface area contributed by atoms with Crippen LogP contribution in [0.1, 0.15) is 86.1 Å². The van der Waals surface area contributed by atoms with Gasteiger partial charge in [0.25, 0.3) is 0 Å². The quantitative estimate of drug-likeness (QED) is 0.0317. The SMILES string of the molecule is COc1cc2c(cc1OC)C(c1cc(CO)c(OC)c(OC)c1)[N+](C)(CCCOC(=O)C=CC(=O)OCCC[N+]1(C)CCc3cc(CO)c(CO)cc3C1Cc1ccc(CO)c(CO)c1)CC2. The molecule has 15 heteroatoms. The first-order valence-electron chi connectivity index (χ1n) is 22.8. The first-order chi connectivity index (χ1) is 32.3. The van der Waals surface area contributed by atoms with E-state index in [1.807, 2.05) is 54.6 Å². The third-order valence-corrected chi connectivity index (χ3v) is 13.8. The van der Waals surface area contributed by atoms with Gasteiger partial charge < -0.3 is 62.9 Å². The predicted octanol–water partition coefficient (Wildman–Crippen LogP) is 4.68. The molecule has 6 rings (SSSR count). The Bertz CT molecular complexity index is 2380. The molecule has 2 aliphatic rings. The van der Waals surface area contributed by atoms with Gasteiger partial charge in [-0.15, -0.1) is 0 Å². The average molecular weight is 929 g/mol. The standard InChI is InChI=1S/C52H68N2O13/c1-53(17-13-35-23-40(31-57)41(32-58)25-43(35)45(53)22-34-9-10-37(29-55)39(21-34)30-56)15-7-19-66-49(60)11-12-50(61)67-20-8-16-54(2)18-14-36-26-46(62-3)47(63-4)28-44(36)51(54)38-24-42(33-59)52(65-6)48(27-38)64-5/h9-12,21,23-28,45,51,55-59H,7-8,13-20,22,29-33H2,1-6H3/q+2. The number of carbonyl (C=O) groups excluding carboxylic acids is 2. The minimum atomic E-state index is -0.652. The molecule has 5 N–H and O–H groups in total. The number of hydrogen-bond donors (Lipinski definition) is 5. The van der Waals surface area contributed by atoms with Gasteiger partial charge in [-0.2, -0.15) is 0 Å². The van der Waals surface area contributed by atoms with Crippen molar-refractivity contribution in [3.8, 4) is 23.0 Å². The highest BCUT2D eigenvalue weighted by Gasteiger charge is 2.42. The van der Waals surface area contributed by atoms with Gasteiger partial charge in [0.2, 0.25) is 0 Å². The van der Waals surface area contributed by atoms with Crippen molar-refractivity contribution < 1.29 is 72.5 Å². The van der Waals surface area contributed by atoms with Crippen molar-refractivity contribution in [2.24, 2.45) is 0 Å². The van der Waals surface area contributed by atoms with Gasteiger partial charge in [0.15, 0.2) is 23.0 Å². The highest BCUT2D eigenvalue weighted by molar-refractivity contribution is 5.91. The summed E-state index contributed by atoms with van der Waals surface area (Å²) in [6, 6.07) is 17.4. The Balaban J connectivity index is 1.07. The predicted molar refractivity (Wildman–Crippen MR) is 249 cm³/mol. The molecule has 2 heterocycles. The highest BCUT2D eigenvalue weighted by atomic mass is 16.5. The first kappa shape index (κ1) is 50.9. The maximum absolute atomic E-state index is 12.8. The van der Waals surface area contributed by atoms with Crippen LogP contribution in [0, 0.1) is 0 Å². The number of likely N-dealkylation sites (N-methyl/N-ethyl adjacent to an activating group) is 2. The van der Waals surface area contributed by atoms with E-state index in [4.69, 9.17) is 28.4 Å². The van der Waals surface area contributed by atoms with E-state index in [1.165, 1.54) is 0 Å². The minimum Gasteiger partial charge on any atom is -0.493 e. The van der Waals surface area contributed by atoms with Crippen molar-refractivity contribution >= 4 is 11.9 Å². The molecule has 2 aliphatic heterocycles. The molecule has 0 radical (unpaired) electrons. The van der Waals surface area contributed by atoms with Crippen LogP contribution in [-0.2, 0) is 71.4 Å². The molecular weight excluding hydrogens is 861 g/mol. The third-order valence-electron chi connectivity index (χ3n) is 13.8. The zero-order chi connectivity index (χ0) is 48.3. The van der Waals surface area contributed by atoms with Gasteiger partial charge in [0.05, 0.1) is 115 Å². The van der Waals surface area contributed by atoms with Crippen LogP contribution in [0.3, 0.4) is 0 Å². The zero-order valence-electron chi connectivity index (χ0n) is 39.7. The van der Waals surface area contributed by atoms with Crippen LogP contribution in [0.5, 0.6) is 23.0 Å². The Morgan fingerprint density at radius 1 is 0.582 bits per heavy atom. The fraction of sp³-hybridized carbons (Fsp3) is 0.462. The molecule has 0 saturated heterocycles. The lowest BCUT2D eigenvalue weighted by atomic mass is 9.83. The summed E-state index contributed by atoms with van der Waals surface area (Å²) < 4.78 is 35.0. The van der Waals surface area contributed by atoms with Crippen molar-refractivity contribution in [3.05, 3.63) is 128 Å². The van der Waals surface area contributed by atoms with E-state index in [0.29, 0.717) is 92.1 Å². The summed E-state index contributed by atoms with van der Waals surface area (Å²) in [5.74, 6) is 0.923. The second-order valence-corrected chi connectivity index (χ2v) is 17.9. The number of ether oxygens (including phenoxy) is 6. The van der Waals surface area contributed by atoms with Gasteiger partial charge in [-0.05, 0) is 69.3 Å². The van der Waals surface area contributed by atoms with E-state index >= 15 is 0 Å². The molecule has 0 aromatic heterocycles. The van der Waals surface area contributed by atoms with Crippen molar-refractivity contribution in [2.45, 2.75) is 77.2 Å². The summed E-state index contributed by atoms with van der Waals surface area (Å²) in [6.07, 6.45) is 5.41. The van der Waals surface area contributed by atoms with E-state index < -0.39 is 11.9 Å². The van der Waals surface area contributed by atoms with Crippen molar-refractivity contribution in [1.82, 2.24) is 0 Å². The van der Waals surface area contributed by atoms with Crippen LogP contribution in [0.15, 0.2) is 66.7 Å². The number of quaternary nitrogens is 2. The molecule has 0 fully saturated rings. The number of methoxy groups -OCH3 is 4. The number of carbonyl (C=O) groups is 2. The Kier molecular flexibility index (Phi) is 17.5. The Hall–Kier alpha value is -5.52. The summed E-state index contributed by atoms with van der Waals surface area (Å²) in [6.45, 7) is 2.15. The van der Waals surface area contributed by atoms with E-state index in [-0.39, 0.29) is 58.3 Å². The molecule has 15 nitrogen and oxygen atoms in total. The topological polar surface area (TPSA) is 191 Å². The summed E-state index contributed by atoms with van der Waals surface area (Å²) in [5.41, 5.74) is 9.61. The lowest BCUT2D eigenvalue weighted by Gasteiger charge is -2.46. The fourth-order valence-corrected chi connectivity index (χ4v) is 10.2. The number of fused-ring (bicyclic) bond motifs is 2. The molecule has 0 saturated carbocycles. The number of nitrogens with zero attached hydrogens (tertiary/aromatic N) is 2.